The number of nitrogens with zero attached hydrogens (tertiary/aromatic N) is 1. The van der Waals surface area contributed by atoms with Gasteiger partial charge in [0.15, 0.2) is 0 Å². The first-order chi connectivity index (χ1) is 6.28. The van der Waals surface area contributed by atoms with Crippen molar-refractivity contribution >= 4 is 0 Å². The minimum absolute atomic E-state index is 0.153. The predicted octanol–water partition coefficient (Wildman–Crippen LogP) is 2.85. The Balaban J connectivity index is 4.00. The van der Waals surface area contributed by atoms with Gasteiger partial charge in [-0.1, -0.05) is 24.3 Å². The van der Waals surface area contributed by atoms with Crippen molar-refractivity contribution in [2.75, 3.05) is 0 Å². The van der Waals surface area contributed by atoms with Crippen LogP contribution in [0.4, 0.5) is 0 Å². The fraction of sp³-hybridized carbons (Fsp3) is 0.333. The third-order valence-corrected chi connectivity index (χ3v) is 1.74. The van der Waals surface area contributed by atoms with Gasteiger partial charge in [0.05, 0.1) is 0 Å². The van der Waals surface area contributed by atoms with Crippen molar-refractivity contribution in [3.8, 4) is 0 Å². The van der Waals surface area contributed by atoms with Gasteiger partial charge in [0.2, 0.25) is 0 Å². The highest BCUT2D eigenvalue weighted by Gasteiger charge is 2.08. The van der Waals surface area contributed by atoms with Crippen LogP contribution < -0.4 is 5.32 Å². The molecule has 0 fully saturated rings. The summed E-state index contributed by atoms with van der Waals surface area (Å²) in [6.07, 6.45) is 9.05. The molecule has 0 saturated carbocycles. The molecule has 0 spiro atoms. The molecule has 0 aliphatic rings. The van der Waals surface area contributed by atoms with Gasteiger partial charge < -0.3 is 0 Å². The first kappa shape index (κ1) is 11.9. The van der Waals surface area contributed by atoms with E-state index in [0.29, 0.717) is 0 Å². The van der Waals surface area contributed by atoms with Crippen LogP contribution in [0.5, 0.6) is 0 Å². The monoisotopic (exact) mass is 176 g/mol. The van der Waals surface area contributed by atoms with E-state index < -0.39 is 0 Å². The molecule has 1 heteroatoms. The van der Waals surface area contributed by atoms with Crippen molar-refractivity contribution in [3.63, 3.8) is 0 Å². The molecule has 0 rings (SSSR count). The van der Waals surface area contributed by atoms with Crippen molar-refractivity contribution in [2.45, 2.75) is 24.9 Å². The van der Waals surface area contributed by atoms with E-state index in [4.69, 9.17) is 0 Å². The minimum atomic E-state index is 0.153. The van der Waals surface area contributed by atoms with Crippen LogP contribution in [0.3, 0.4) is 0 Å². The summed E-state index contributed by atoms with van der Waals surface area (Å²) in [5.74, 6) is 0. The van der Waals surface area contributed by atoms with Crippen LogP contribution in [0.2, 0.25) is 0 Å². The van der Waals surface area contributed by atoms with E-state index in [9.17, 15) is 0 Å². The molecule has 2 atom stereocenters. The van der Waals surface area contributed by atoms with Crippen molar-refractivity contribution in [2.24, 2.45) is 0 Å². The lowest BCUT2D eigenvalue weighted by Crippen LogP contribution is -2.27. The molecule has 0 saturated heterocycles. The van der Waals surface area contributed by atoms with Crippen molar-refractivity contribution < 1.29 is 0 Å². The van der Waals surface area contributed by atoms with Crippen molar-refractivity contribution in [1.29, 1.82) is 0 Å². The zero-order valence-corrected chi connectivity index (χ0v) is 8.15. The Hall–Kier alpha value is -1.08. The summed E-state index contributed by atoms with van der Waals surface area (Å²) >= 11 is 0. The molecule has 0 amide bonds. The maximum absolute atomic E-state index is 4.51. The summed E-state index contributed by atoms with van der Waals surface area (Å²) in [5, 5.41) is 4.51. The molecule has 2 unspecified atom stereocenters. The number of rotatable bonds is 8. The molecule has 13 heavy (non-hydrogen) atoms. The van der Waals surface area contributed by atoms with E-state index in [1.807, 2.05) is 24.3 Å². The van der Waals surface area contributed by atoms with Crippen LogP contribution in [-0.4, -0.2) is 12.1 Å². The smallest absolute Gasteiger partial charge is 0.0464 e. The van der Waals surface area contributed by atoms with Gasteiger partial charge in [-0.25, -0.2) is 5.32 Å². The summed E-state index contributed by atoms with van der Waals surface area (Å²) in [4.78, 5) is 0. The van der Waals surface area contributed by atoms with E-state index in [0.717, 1.165) is 12.8 Å². The average Bonchev–Trinajstić information content (AvgIpc) is 2.16. The Morgan fingerprint density at radius 2 is 1.23 bits per heavy atom. The fourth-order valence-electron chi connectivity index (χ4n) is 1.02. The summed E-state index contributed by atoms with van der Waals surface area (Å²) in [6, 6.07) is 0.306. The van der Waals surface area contributed by atoms with Gasteiger partial charge in [-0.2, -0.15) is 0 Å². The van der Waals surface area contributed by atoms with Gasteiger partial charge >= 0.3 is 0 Å². The van der Waals surface area contributed by atoms with Gasteiger partial charge in [-0.05, 0) is 12.8 Å². The van der Waals surface area contributed by atoms with Crippen molar-refractivity contribution in [1.82, 2.24) is 5.32 Å². The first-order valence-corrected chi connectivity index (χ1v) is 4.45. The van der Waals surface area contributed by atoms with Crippen LogP contribution in [0.15, 0.2) is 50.6 Å². The molecule has 0 aliphatic heterocycles. The molecule has 0 N–H and O–H groups in total. The largest absolute Gasteiger partial charge is 0.226 e. The molecule has 0 heterocycles. The van der Waals surface area contributed by atoms with Gasteiger partial charge in [0, 0.05) is 12.1 Å². The molecule has 71 valence electrons. The number of hydrogen-bond donors (Lipinski definition) is 0. The second-order valence-corrected chi connectivity index (χ2v) is 2.80. The quantitative estimate of drug-likeness (QED) is 0.505. The normalized spacial score (nSPS) is 14.2. The lowest BCUT2D eigenvalue weighted by Gasteiger charge is -2.16. The maximum Gasteiger partial charge on any atom is 0.0464 e. The molecule has 0 aromatic rings. The van der Waals surface area contributed by atoms with E-state index in [1.165, 1.54) is 0 Å². The van der Waals surface area contributed by atoms with E-state index in [1.54, 1.807) is 0 Å². The third-order valence-electron chi connectivity index (χ3n) is 1.74. The van der Waals surface area contributed by atoms with E-state index in [-0.39, 0.29) is 12.1 Å². The van der Waals surface area contributed by atoms with Crippen molar-refractivity contribution in [3.05, 3.63) is 50.6 Å². The Labute approximate surface area is 81.5 Å². The lowest BCUT2D eigenvalue weighted by molar-refractivity contribution is 0.523. The second kappa shape index (κ2) is 7.56. The van der Waals surface area contributed by atoms with Gasteiger partial charge in [-0.15, -0.1) is 26.3 Å². The summed E-state index contributed by atoms with van der Waals surface area (Å²) in [6.45, 7) is 14.8. The molecule has 1 nitrogen and oxygen atoms in total. The minimum Gasteiger partial charge on any atom is -0.226 e. The van der Waals surface area contributed by atoms with Crippen LogP contribution >= 0.6 is 0 Å². The Morgan fingerprint density at radius 3 is 1.46 bits per heavy atom. The Morgan fingerprint density at radius 1 is 0.846 bits per heavy atom. The Kier molecular flexibility index (Phi) is 6.93. The topological polar surface area (TPSA) is 14.1 Å². The fourth-order valence-corrected chi connectivity index (χ4v) is 1.02. The highest BCUT2D eigenvalue weighted by Crippen LogP contribution is 2.03. The summed E-state index contributed by atoms with van der Waals surface area (Å²) < 4.78 is 0. The SMILES string of the molecule is C=CCC(C=C)[N]C(C=C)CC=C. The average molecular weight is 176 g/mol. The maximum atomic E-state index is 4.51. The zero-order chi connectivity index (χ0) is 10.1. The molecule has 0 aromatic carbocycles. The lowest BCUT2D eigenvalue weighted by atomic mass is 10.1. The molecule has 0 bridgehead atoms. The predicted molar refractivity (Wildman–Crippen MR) is 59.7 cm³/mol. The van der Waals surface area contributed by atoms with E-state index in [2.05, 4.69) is 31.6 Å². The summed E-state index contributed by atoms with van der Waals surface area (Å²) in [7, 11) is 0. The Bertz CT molecular complexity index is 162. The van der Waals surface area contributed by atoms with E-state index >= 15 is 0 Å². The highest BCUT2D eigenvalue weighted by molar-refractivity contribution is 4.98. The zero-order valence-electron chi connectivity index (χ0n) is 8.15. The highest BCUT2D eigenvalue weighted by atomic mass is 14.9. The molecule has 0 aliphatic carbocycles. The van der Waals surface area contributed by atoms with Crippen LogP contribution in [0.1, 0.15) is 12.8 Å². The van der Waals surface area contributed by atoms with Gasteiger partial charge in [-0.3, -0.25) is 0 Å². The van der Waals surface area contributed by atoms with Crippen LogP contribution in [0.25, 0.3) is 0 Å². The van der Waals surface area contributed by atoms with Gasteiger partial charge in [0.25, 0.3) is 0 Å². The van der Waals surface area contributed by atoms with Crippen LogP contribution in [-0.2, 0) is 0 Å². The number of hydrogen-bond acceptors (Lipinski definition) is 0. The van der Waals surface area contributed by atoms with Crippen LogP contribution in [0, 0.1) is 0 Å². The third kappa shape index (κ3) is 5.21. The molecule has 0 aromatic heterocycles. The first-order valence-electron chi connectivity index (χ1n) is 4.45. The standard InChI is InChI=1S/C12H18N/c1-5-9-11(7-3)13-12(8-4)10-6-2/h5-8,11-12H,1-4,9-10H2. The van der Waals surface area contributed by atoms with Gasteiger partial charge in [0.1, 0.15) is 0 Å². The second-order valence-electron chi connectivity index (χ2n) is 2.80. The summed E-state index contributed by atoms with van der Waals surface area (Å²) in [5.41, 5.74) is 0. The molecule has 1 radical (unpaired) electrons. The molecular formula is C12H18N. The molecular weight excluding hydrogens is 158 g/mol.